The number of benzene rings is 1. The van der Waals surface area contributed by atoms with Gasteiger partial charge >= 0.3 is 0 Å². The highest BCUT2D eigenvalue weighted by atomic mass is 16.5. The maximum absolute atomic E-state index is 12.0. The number of nitrogens with zero attached hydrogens (tertiary/aromatic N) is 1. The first-order valence-corrected chi connectivity index (χ1v) is 7.38. The van der Waals surface area contributed by atoms with Gasteiger partial charge in [0.15, 0.2) is 0 Å². The average molecular weight is 293 g/mol. The standard InChI is InChI=1S/C16H27N3O2/c1-12(2)21-10-6-5-9-18-16(20)13-7-8-15(19(3)4)14(17)11-13/h7-8,11-12H,5-6,9-10,17H2,1-4H3,(H,18,20). The average Bonchev–Trinajstić information content (AvgIpc) is 2.41. The van der Waals surface area contributed by atoms with Crippen LogP contribution in [0.1, 0.15) is 37.0 Å². The Morgan fingerprint density at radius 3 is 2.62 bits per heavy atom. The lowest BCUT2D eigenvalue weighted by molar-refractivity contribution is 0.0754. The smallest absolute Gasteiger partial charge is 0.251 e. The Balaban J connectivity index is 2.37. The molecule has 0 aliphatic rings. The summed E-state index contributed by atoms with van der Waals surface area (Å²) >= 11 is 0. The molecule has 1 rings (SSSR count). The third-order valence-electron chi connectivity index (χ3n) is 3.08. The lowest BCUT2D eigenvalue weighted by Gasteiger charge is -2.16. The van der Waals surface area contributed by atoms with E-state index in [9.17, 15) is 4.79 Å². The van der Waals surface area contributed by atoms with Crippen LogP contribution in [0.5, 0.6) is 0 Å². The van der Waals surface area contributed by atoms with Gasteiger partial charge in [0.2, 0.25) is 0 Å². The van der Waals surface area contributed by atoms with E-state index in [1.54, 1.807) is 12.1 Å². The Labute approximate surface area is 127 Å². The third-order valence-corrected chi connectivity index (χ3v) is 3.08. The van der Waals surface area contributed by atoms with Crippen molar-refractivity contribution in [3.8, 4) is 0 Å². The molecule has 118 valence electrons. The van der Waals surface area contributed by atoms with Gasteiger partial charge in [-0.2, -0.15) is 0 Å². The second kappa shape index (κ2) is 8.52. The van der Waals surface area contributed by atoms with Crippen LogP contribution in [0.2, 0.25) is 0 Å². The zero-order valence-corrected chi connectivity index (χ0v) is 13.5. The molecule has 0 spiro atoms. The second-order valence-electron chi connectivity index (χ2n) is 5.55. The molecule has 21 heavy (non-hydrogen) atoms. The van der Waals surface area contributed by atoms with E-state index in [0.717, 1.165) is 25.1 Å². The van der Waals surface area contributed by atoms with E-state index in [-0.39, 0.29) is 12.0 Å². The topological polar surface area (TPSA) is 67.6 Å². The first kappa shape index (κ1) is 17.3. The van der Waals surface area contributed by atoms with Crippen molar-refractivity contribution in [2.45, 2.75) is 32.8 Å². The summed E-state index contributed by atoms with van der Waals surface area (Å²) in [6, 6.07) is 5.37. The van der Waals surface area contributed by atoms with Gasteiger partial charge in [0.1, 0.15) is 0 Å². The number of unbranched alkanes of at least 4 members (excludes halogenated alkanes) is 1. The predicted octanol–water partition coefficient (Wildman–Crippen LogP) is 2.27. The highest BCUT2D eigenvalue weighted by Gasteiger charge is 2.08. The number of carbonyl (C=O) groups is 1. The maximum Gasteiger partial charge on any atom is 0.251 e. The first-order valence-electron chi connectivity index (χ1n) is 7.38. The van der Waals surface area contributed by atoms with E-state index in [0.29, 0.717) is 17.8 Å². The van der Waals surface area contributed by atoms with E-state index in [2.05, 4.69) is 5.32 Å². The molecular weight excluding hydrogens is 266 g/mol. The van der Waals surface area contributed by atoms with Crippen LogP contribution in [0.3, 0.4) is 0 Å². The molecule has 3 N–H and O–H groups in total. The maximum atomic E-state index is 12.0. The number of rotatable bonds is 8. The molecule has 0 aliphatic heterocycles. The van der Waals surface area contributed by atoms with Crippen LogP contribution in [0.15, 0.2) is 18.2 Å². The van der Waals surface area contributed by atoms with Crippen LogP contribution in [0.25, 0.3) is 0 Å². The van der Waals surface area contributed by atoms with Crippen LogP contribution in [0.4, 0.5) is 11.4 Å². The van der Waals surface area contributed by atoms with Crippen LogP contribution >= 0.6 is 0 Å². The number of hydrogen-bond donors (Lipinski definition) is 2. The van der Waals surface area contributed by atoms with E-state index in [1.807, 2.05) is 38.9 Å². The summed E-state index contributed by atoms with van der Waals surface area (Å²) in [4.78, 5) is 13.9. The molecule has 0 radical (unpaired) electrons. The Bertz CT molecular complexity index is 459. The van der Waals surface area contributed by atoms with Crippen molar-refractivity contribution in [1.29, 1.82) is 0 Å². The molecule has 1 aromatic carbocycles. The summed E-state index contributed by atoms with van der Waals surface area (Å²) in [5.74, 6) is -0.0863. The number of anilines is 2. The molecule has 5 nitrogen and oxygen atoms in total. The van der Waals surface area contributed by atoms with Crippen LogP contribution in [-0.4, -0.2) is 39.3 Å². The van der Waals surface area contributed by atoms with Crippen LogP contribution in [-0.2, 0) is 4.74 Å². The normalized spacial score (nSPS) is 10.7. The largest absolute Gasteiger partial charge is 0.397 e. The number of amides is 1. The van der Waals surface area contributed by atoms with Gasteiger partial charge in [-0.05, 0) is 44.9 Å². The van der Waals surface area contributed by atoms with Gasteiger partial charge in [0, 0.05) is 32.8 Å². The molecule has 1 amide bonds. The van der Waals surface area contributed by atoms with E-state index >= 15 is 0 Å². The van der Waals surface area contributed by atoms with Gasteiger partial charge < -0.3 is 20.7 Å². The SMILES string of the molecule is CC(C)OCCCCNC(=O)c1ccc(N(C)C)c(N)c1. The third kappa shape index (κ3) is 6.04. The summed E-state index contributed by atoms with van der Waals surface area (Å²) in [5.41, 5.74) is 8.06. The molecule has 0 aromatic heterocycles. The summed E-state index contributed by atoms with van der Waals surface area (Å²) in [7, 11) is 3.84. The highest BCUT2D eigenvalue weighted by molar-refractivity contribution is 5.96. The van der Waals surface area contributed by atoms with Crippen molar-refractivity contribution in [3.63, 3.8) is 0 Å². The lowest BCUT2D eigenvalue weighted by Crippen LogP contribution is -2.25. The second-order valence-corrected chi connectivity index (χ2v) is 5.55. The monoisotopic (exact) mass is 293 g/mol. The predicted molar refractivity (Wildman–Crippen MR) is 87.8 cm³/mol. The molecule has 0 heterocycles. The number of nitrogen functional groups attached to an aromatic ring is 1. The minimum Gasteiger partial charge on any atom is -0.397 e. The Morgan fingerprint density at radius 2 is 2.05 bits per heavy atom. The first-order chi connectivity index (χ1) is 9.91. The Kier molecular flexibility index (Phi) is 7.02. The fourth-order valence-electron chi connectivity index (χ4n) is 1.95. The van der Waals surface area contributed by atoms with E-state index in [1.165, 1.54) is 0 Å². The van der Waals surface area contributed by atoms with Crippen LogP contribution in [0, 0.1) is 0 Å². The van der Waals surface area contributed by atoms with Crippen molar-refractivity contribution in [2.75, 3.05) is 37.9 Å². The highest BCUT2D eigenvalue weighted by Crippen LogP contribution is 2.22. The Hall–Kier alpha value is -1.75. The summed E-state index contributed by atoms with van der Waals surface area (Å²) in [5, 5.41) is 2.90. The molecule has 0 aliphatic carbocycles. The molecule has 5 heteroatoms. The van der Waals surface area contributed by atoms with Crippen molar-refractivity contribution in [2.24, 2.45) is 0 Å². The fourth-order valence-corrected chi connectivity index (χ4v) is 1.95. The van der Waals surface area contributed by atoms with Crippen molar-refractivity contribution < 1.29 is 9.53 Å². The van der Waals surface area contributed by atoms with E-state index in [4.69, 9.17) is 10.5 Å². The van der Waals surface area contributed by atoms with Gasteiger partial charge in [-0.15, -0.1) is 0 Å². The Morgan fingerprint density at radius 1 is 1.33 bits per heavy atom. The van der Waals surface area contributed by atoms with Crippen molar-refractivity contribution in [1.82, 2.24) is 5.32 Å². The summed E-state index contributed by atoms with van der Waals surface area (Å²) in [6.07, 6.45) is 2.11. The molecule has 1 aromatic rings. The number of carbonyl (C=O) groups excluding carboxylic acids is 1. The zero-order valence-electron chi connectivity index (χ0n) is 13.5. The summed E-state index contributed by atoms with van der Waals surface area (Å²) in [6.45, 7) is 5.42. The molecule has 0 saturated carbocycles. The van der Waals surface area contributed by atoms with Crippen LogP contribution < -0.4 is 16.0 Å². The minimum atomic E-state index is -0.0863. The lowest BCUT2D eigenvalue weighted by atomic mass is 10.1. The molecule has 0 unspecified atom stereocenters. The molecule has 0 bridgehead atoms. The van der Waals surface area contributed by atoms with Gasteiger partial charge in [-0.25, -0.2) is 0 Å². The van der Waals surface area contributed by atoms with Crippen molar-refractivity contribution >= 4 is 17.3 Å². The zero-order chi connectivity index (χ0) is 15.8. The van der Waals surface area contributed by atoms with Gasteiger partial charge in [0.25, 0.3) is 5.91 Å². The van der Waals surface area contributed by atoms with Gasteiger partial charge in [0.05, 0.1) is 17.5 Å². The number of nitrogens with two attached hydrogens (primary N) is 1. The molecule has 0 atom stereocenters. The summed E-state index contributed by atoms with van der Waals surface area (Å²) < 4.78 is 5.45. The van der Waals surface area contributed by atoms with Gasteiger partial charge in [-0.3, -0.25) is 4.79 Å². The number of ether oxygens (including phenoxy) is 1. The van der Waals surface area contributed by atoms with E-state index < -0.39 is 0 Å². The molecule has 0 fully saturated rings. The number of nitrogens with one attached hydrogen (secondary N) is 1. The molecular formula is C16H27N3O2. The van der Waals surface area contributed by atoms with Crippen molar-refractivity contribution in [3.05, 3.63) is 23.8 Å². The minimum absolute atomic E-state index is 0.0863. The van der Waals surface area contributed by atoms with Gasteiger partial charge in [-0.1, -0.05) is 0 Å². The number of hydrogen-bond acceptors (Lipinski definition) is 4. The fraction of sp³-hybridized carbons (Fsp3) is 0.562. The quantitative estimate of drug-likeness (QED) is 0.570. The molecule has 0 saturated heterocycles.